The van der Waals surface area contributed by atoms with Gasteiger partial charge in [-0.05, 0) is 30.7 Å². The van der Waals surface area contributed by atoms with E-state index in [1.165, 1.54) is 0 Å². The molecule has 0 spiro atoms. The number of nitrogen functional groups attached to an aromatic ring is 1. The summed E-state index contributed by atoms with van der Waals surface area (Å²) < 4.78 is 16.5. The Morgan fingerprint density at radius 1 is 1.20 bits per heavy atom. The average molecular weight is 274 g/mol. The number of ether oxygens (including phenoxy) is 3. The molecule has 1 aromatic heterocycles. The number of pyridine rings is 1. The smallest absolute Gasteiger partial charge is 0.262 e. The van der Waals surface area contributed by atoms with Crippen LogP contribution < -0.4 is 19.9 Å². The predicted octanol–water partition coefficient (Wildman–Crippen LogP) is 3.25. The predicted molar refractivity (Wildman–Crippen MR) is 77.5 cm³/mol. The molecule has 5 nitrogen and oxygen atoms in total. The Hall–Kier alpha value is -2.43. The molecule has 0 amide bonds. The van der Waals surface area contributed by atoms with Gasteiger partial charge in [0.2, 0.25) is 0 Å². The second-order valence-corrected chi connectivity index (χ2v) is 4.16. The maximum atomic E-state index is 5.89. The van der Waals surface area contributed by atoms with Crippen LogP contribution in [0.4, 0.5) is 5.69 Å². The molecule has 0 atom stereocenters. The van der Waals surface area contributed by atoms with Crippen LogP contribution in [0.3, 0.4) is 0 Å². The molecular weight excluding hydrogens is 256 g/mol. The Labute approximate surface area is 118 Å². The van der Waals surface area contributed by atoms with Crippen molar-refractivity contribution in [2.24, 2.45) is 0 Å². The van der Waals surface area contributed by atoms with Gasteiger partial charge in [-0.3, -0.25) is 0 Å². The van der Waals surface area contributed by atoms with Crippen LogP contribution in [-0.4, -0.2) is 18.7 Å². The van der Waals surface area contributed by atoms with Crippen LogP contribution in [-0.2, 0) is 0 Å². The van der Waals surface area contributed by atoms with Crippen molar-refractivity contribution in [3.8, 4) is 23.1 Å². The van der Waals surface area contributed by atoms with E-state index < -0.39 is 0 Å². The standard InChI is InChI=1S/C15H18N2O3/c1-3-9-19-13-5-4-8-17-15(13)20-14-10-11(18-2)6-7-12(14)16/h4-8,10H,3,9,16H2,1-2H3. The number of anilines is 1. The summed E-state index contributed by atoms with van der Waals surface area (Å²) in [5, 5.41) is 0. The van der Waals surface area contributed by atoms with Crippen LogP contribution in [0.15, 0.2) is 36.5 Å². The van der Waals surface area contributed by atoms with E-state index in [0.717, 1.165) is 6.42 Å². The van der Waals surface area contributed by atoms with Gasteiger partial charge in [0.05, 0.1) is 19.4 Å². The zero-order chi connectivity index (χ0) is 14.4. The highest BCUT2D eigenvalue weighted by atomic mass is 16.5. The molecule has 1 aromatic carbocycles. The lowest BCUT2D eigenvalue weighted by Crippen LogP contribution is -2.00. The average Bonchev–Trinajstić information content (AvgIpc) is 2.48. The van der Waals surface area contributed by atoms with E-state index in [1.807, 2.05) is 13.0 Å². The molecule has 0 aliphatic rings. The van der Waals surface area contributed by atoms with Crippen molar-refractivity contribution in [1.82, 2.24) is 4.98 Å². The molecule has 0 unspecified atom stereocenters. The molecule has 2 aromatic rings. The number of rotatable bonds is 6. The largest absolute Gasteiger partial charge is 0.497 e. The summed E-state index contributed by atoms with van der Waals surface area (Å²) in [5.41, 5.74) is 6.40. The lowest BCUT2D eigenvalue weighted by molar-refractivity contribution is 0.298. The highest BCUT2D eigenvalue weighted by Gasteiger charge is 2.10. The first-order valence-electron chi connectivity index (χ1n) is 6.43. The fourth-order valence-corrected chi connectivity index (χ4v) is 1.61. The van der Waals surface area contributed by atoms with Crippen molar-refractivity contribution in [3.05, 3.63) is 36.5 Å². The number of nitrogens with two attached hydrogens (primary N) is 1. The Kier molecular flexibility index (Phi) is 4.65. The molecule has 0 fully saturated rings. The monoisotopic (exact) mass is 274 g/mol. The van der Waals surface area contributed by atoms with E-state index in [4.69, 9.17) is 19.9 Å². The van der Waals surface area contributed by atoms with Gasteiger partial charge < -0.3 is 19.9 Å². The minimum atomic E-state index is 0.390. The van der Waals surface area contributed by atoms with Gasteiger partial charge in [-0.2, -0.15) is 0 Å². The maximum Gasteiger partial charge on any atom is 0.262 e. The number of benzene rings is 1. The molecule has 20 heavy (non-hydrogen) atoms. The minimum Gasteiger partial charge on any atom is -0.497 e. The third-order valence-electron chi connectivity index (χ3n) is 2.63. The minimum absolute atomic E-state index is 0.390. The van der Waals surface area contributed by atoms with E-state index in [-0.39, 0.29) is 0 Å². The van der Waals surface area contributed by atoms with Gasteiger partial charge in [0.25, 0.3) is 5.88 Å². The van der Waals surface area contributed by atoms with Gasteiger partial charge >= 0.3 is 0 Å². The van der Waals surface area contributed by atoms with Crippen LogP contribution in [0.2, 0.25) is 0 Å². The summed E-state index contributed by atoms with van der Waals surface area (Å²) in [6.07, 6.45) is 2.56. The zero-order valence-corrected chi connectivity index (χ0v) is 11.6. The molecule has 0 aliphatic carbocycles. The fourth-order valence-electron chi connectivity index (χ4n) is 1.61. The molecule has 5 heteroatoms. The normalized spacial score (nSPS) is 10.1. The number of hydrogen-bond acceptors (Lipinski definition) is 5. The molecule has 0 radical (unpaired) electrons. The summed E-state index contributed by atoms with van der Waals surface area (Å²) >= 11 is 0. The van der Waals surface area contributed by atoms with E-state index >= 15 is 0 Å². The second kappa shape index (κ2) is 6.65. The molecular formula is C15H18N2O3. The quantitative estimate of drug-likeness (QED) is 0.819. The van der Waals surface area contributed by atoms with Crippen molar-refractivity contribution >= 4 is 5.69 Å². The van der Waals surface area contributed by atoms with Crippen molar-refractivity contribution in [1.29, 1.82) is 0 Å². The van der Waals surface area contributed by atoms with Gasteiger partial charge in [0.15, 0.2) is 11.5 Å². The summed E-state index contributed by atoms with van der Waals surface area (Å²) in [6.45, 7) is 2.65. The first-order chi connectivity index (χ1) is 9.74. The highest BCUT2D eigenvalue weighted by Crippen LogP contribution is 2.34. The summed E-state index contributed by atoms with van der Waals surface area (Å²) in [7, 11) is 1.59. The topological polar surface area (TPSA) is 66.6 Å². The molecule has 0 aliphatic heterocycles. The lowest BCUT2D eigenvalue weighted by Gasteiger charge is -2.12. The van der Waals surface area contributed by atoms with Gasteiger partial charge in [-0.25, -0.2) is 4.98 Å². The van der Waals surface area contributed by atoms with Gasteiger partial charge in [-0.15, -0.1) is 0 Å². The summed E-state index contributed by atoms with van der Waals surface area (Å²) in [6, 6.07) is 8.83. The molecule has 106 valence electrons. The highest BCUT2D eigenvalue weighted by molar-refractivity contribution is 5.57. The molecule has 2 rings (SSSR count). The van der Waals surface area contributed by atoms with Crippen molar-refractivity contribution < 1.29 is 14.2 Å². The Morgan fingerprint density at radius 2 is 2.05 bits per heavy atom. The SMILES string of the molecule is CCCOc1cccnc1Oc1cc(OC)ccc1N. The molecule has 0 saturated heterocycles. The Bertz CT molecular complexity index is 573. The molecule has 0 saturated carbocycles. The third-order valence-corrected chi connectivity index (χ3v) is 2.63. The van der Waals surface area contributed by atoms with Crippen LogP contribution >= 0.6 is 0 Å². The number of nitrogens with zero attached hydrogens (tertiary/aromatic N) is 1. The van der Waals surface area contributed by atoms with Crippen molar-refractivity contribution in [3.63, 3.8) is 0 Å². The lowest BCUT2D eigenvalue weighted by atomic mass is 10.3. The first-order valence-corrected chi connectivity index (χ1v) is 6.43. The van der Waals surface area contributed by atoms with Crippen molar-refractivity contribution in [2.75, 3.05) is 19.5 Å². The fraction of sp³-hybridized carbons (Fsp3) is 0.267. The zero-order valence-electron chi connectivity index (χ0n) is 11.6. The van der Waals surface area contributed by atoms with E-state index in [9.17, 15) is 0 Å². The van der Waals surface area contributed by atoms with E-state index in [0.29, 0.717) is 35.4 Å². The van der Waals surface area contributed by atoms with Crippen LogP contribution in [0, 0.1) is 0 Å². The molecule has 1 heterocycles. The number of hydrogen-bond donors (Lipinski definition) is 1. The van der Waals surface area contributed by atoms with Crippen LogP contribution in [0.1, 0.15) is 13.3 Å². The van der Waals surface area contributed by atoms with Gasteiger partial charge in [0, 0.05) is 12.3 Å². The molecule has 0 bridgehead atoms. The van der Waals surface area contributed by atoms with Gasteiger partial charge in [0.1, 0.15) is 5.75 Å². The van der Waals surface area contributed by atoms with Crippen LogP contribution in [0.5, 0.6) is 23.1 Å². The Morgan fingerprint density at radius 3 is 2.80 bits per heavy atom. The third kappa shape index (κ3) is 3.32. The molecule has 2 N–H and O–H groups in total. The summed E-state index contributed by atoms with van der Waals surface area (Å²) in [5.74, 6) is 2.14. The van der Waals surface area contributed by atoms with Crippen LogP contribution in [0.25, 0.3) is 0 Å². The first kappa shape index (κ1) is 14.0. The number of aromatic nitrogens is 1. The second-order valence-electron chi connectivity index (χ2n) is 4.16. The maximum absolute atomic E-state index is 5.89. The Balaban J connectivity index is 2.25. The summed E-state index contributed by atoms with van der Waals surface area (Å²) in [4.78, 5) is 4.18. The van der Waals surface area contributed by atoms with E-state index in [2.05, 4.69) is 4.98 Å². The van der Waals surface area contributed by atoms with Crippen molar-refractivity contribution in [2.45, 2.75) is 13.3 Å². The van der Waals surface area contributed by atoms with Gasteiger partial charge in [-0.1, -0.05) is 6.92 Å². The van der Waals surface area contributed by atoms with E-state index in [1.54, 1.807) is 37.6 Å². The number of methoxy groups -OCH3 is 1.